The lowest BCUT2D eigenvalue weighted by Gasteiger charge is -2.21. The Labute approximate surface area is 180 Å². The Balaban J connectivity index is 1.44. The van der Waals surface area contributed by atoms with Gasteiger partial charge >= 0.3 is 0 Å². The Bertz CT molecular complexity index is 1210. The summed E-state index contributed by atoms with van der Waals surface area (Å²) >= 11 is 5.91. The number of nitrogens with zero attached hydrogens (tertiary/aromatic N) is 3. The largest absolute Gasteiger partial charge is 0.348 e. The molecule has 0 radical (unpaired) electrons. The van der Waals surface area contributed by atoms with Crippen LogP contribution in [0.4, 0.5) is 5.69 Å². The number of fused-ring (bicyclic) bond motifs is 1. The number of anilines is 1. The highest BCUT2D eigenvalue weighted by Gasteiger charge is 2.32. The van der Waals surface area contributed by atoms with E-state index in [1.165, 1.54) is 10.6 Å². The molecule has 0 saturated heterocycles. The average molecular weight is 445 g/mol. The maximum absolute atomic E-state index is 12.6. The molecular formula is C21H21ClN4O3S. The fraction of sp³-hybridized carbons (Fsp3) is 0.238. The summed E-state index contributed by atoms with van der Waals surface area (Å²) < 4.78 is 27.2. The van der Waals surface area contributed by atoms with Crippen LogP contribution in [0.2, 0.25) is 5.02 Å². The molecule has 9 heteroatoms. The maximum atomic E-state index is 12.6. The molecule has 1 N–H and O–H groups in total. The number of rotatable bonds is 5. The maximum Gasteiger partial charge on any atom is 0.251 e. The van der Waals surface area contributed by atoms with E-state index in [1.807, 2.05) is 25.3 Å². The van der Waals surface area contributed by atoms with Crippen LogP contribution in [0.5, 0.6) is 0 Å². The van der Waals surface area contributed by atoms with Crippen LogP contribution in [0.1, 0.15) is 28.4 Å². The first-order valence-electron chi connectivity index (χ1n) is 9.42. The fourth-order valence-electron chi connectivity index (χ4n) is 3.72. The highest BCUT2D eigenvalue weighted by molar-refractivity contribution is 7.92. The van der Waals surface area contributed by atoms with E-state index < -0.39 is 10.0 Å². The summed E-state index contributed by atoms with van der Waals surface area (Å²) in [5.41, 5.74) is 3.74. The Morgan fingerprint density at radius 1 is 1.23 bits per heavy atom. The van der Waals surface area contributed by atoms with E-state index in [4.69, 9.17) is 11.6 Å². The third kappa shape index (κ3) is 4.06. The molecule has 156 valence electrons. The van der Waals surface area contributed by atoms with Gasteiger partial charge in [-0.2, -0.15) is 5.10 Å². The second kappa shape index (κ2) is 7.77. The molecule has 1 aromatic heterocycles. The number of nitrogens with one attached hydrogen (secondary N) is 1. The number of hydrogen-bond acceptors (Lipinski definition) is 4. The fourth-order valence-corrected chi connectivity index (χ4v) is 5.11. The number of amides is 1. The van der Waals surface area contributed by atoms with Gasteiger partial charge in [-0.3, -0.25) is 9.10 Å². The van der Waals surface area contributed by atoms with Gasteiger partial charge in [0.15, 0.2) is 0 Å². The quantitative estimate of drug-likeness (QED) is 0.655. The molecule has 3 aromatic rings. The summed E-state index contributed by atoms with van der Waals surface area (Å²) in [6.07, 6.45) is 5.32. The number of carbonyl (C=O) groups is 1. The van der Waals surface area contributed by atoms with E-state index in [0.29, 0.717) is 29.2 Å². The molecule has 0 saturated carbocycles. The number of carbonyl (C=O) groups excluding carboxylic acids is 1. The highest BCUT2D eigenvalue weighted by Crippen LogP contribution is 2.34. The van der Waals surface area contributed by atoms with Crippen LogP contribution in [0.3, 0.4) is 0 Å². The summed E-state index contributed by atoms with van der Waals surface area (Å²) in [5, 5.41) is 7.86. The van der Waals surface area contributed by atoms with Crippen LogP contribution in [0.15, 0.2) is 54.9 Å². The van der Waals surface area contributed by atoms with Gasteiger partial charge < -0.3 is 5.32 Å². The lowest BCUT2D eigenvalue weighted by molar-refractivity contribution is 0.0951. The minimum Gasteiger partial charge on any atom is -0.348 e. The third-order valence-corrected chi connectivity index (χ3v) is 6.56. The monoisotopic (exact) mass is 444 g/mol. The van der Waals surface area contributed by atoms with Crippen molar-refractivity contribution in [2.75, 3.05) is 10.6 Å². The summed E-state index contributed by atoms with van der Waals surface area (Å²) in [6, 6.07) is 12.3. The molecule has 0 fully saturated rings. The Kier molecular flexibility index (Phi) is 5.29. The lowest BCUT2D eigenvalue weighted by Crippen LogP contribution is -2.34. The van der Waals surface area contributed by atoms with Gasteiger partial charge in [0.1, 0.15) is 0 Å². The predicted molar refractivity (Wildman–Crippen MR) is 117 cm³/mol. The topological polar surface area (TPSA) is 84.3 Å². The van der Waals surface area contributed by atoms with Gasteiger partial charge in [-0.1, -0.05) is 11.6 Å². The number of hydrogen-bond donors (Lipinski definition) is 1. The number of halogens is 1. The van der Waals surface area contributed by atoms with Crippen molar-refractivity contribution in [1.29, 1.82) is 0 Å². The van der Waals surface area contributed by atoms with Crippen molar-refractivity contribution in [1.82, 2.24) is 15.1 Å². The van der Waals surface area contributed by atoms with Crippen LogP contribution in [-0.2, 0) is 23.0 Å². The zero-order valence-corrected chi connectivity index (χ0v) is 18.1. The summed E-state index contributed by atoms with van der Waals surface area (Å²) in [4.78, 5) is 12.6. The Morgan fingerprint density at radius 2 is 1.97 bits per heavy atom. The molecule has 0 spiro atoms. The summed E-state index contributed by atoms with van der Waals surface area (Å²) in [5.74, 6) is -0.220. The molecule has 1 aliphatic heterocycles. The highest BCUT2D eigenvalue weighted by atomic mass is 35.5. The predicted octanol–water partition coefficient (Wildman–Crippen LogP) is 3.17. The van der Waals surface area contributed by atoms with E-state index in [2.05, 4.69) is 10.4 Å². The summed E-state index contributed by atoms with van der Waals surface area (Å²) in [7, 11) is -3.35. The van der Waals surface area contributed by atoms with Crippen molar-refractivity contribution in [3.8, 4) is 5.69 Å². The van der Waals surface area contributed by atoms with E-state index in [1.54, 1.807) is 41.2 Å². The first kappa shape index (κ1) is 20.4. The van der Waals surface area contributed by atoms with E-state index in [-0.39, 0.29) is 11.9 Å². The molecule has 30 heavy (non-hydrogen) atoms. The van der Waals surface area contributed by atoms with Gasteiger partial charge in [0.2, 0.25) is 10.0 Å². The molecular weight excluding hydrogens is 424 g/mol. The minimum absolute atomic E-state index is 0.160. The molecule has 7 nitrogen and oxygen atoms in total. The summed E-state index contributed by atoms with van der Waals surface area (Å²) in [6.45, 7) is 2.19. The van der Waals surface area contributed by atoms with Gasteiger partial charge in [0, 0.05) is 34.9 Å². The molecule has 1 amide bonds. The zero-order chi connectivity index (χ0) is 21.5. The minimum atomic E-state index is -3.35. The second-order valence-electron chi connectivity index (χ2n) is 7.41. The van der Waals surface area contributed by atoms with Crippen LogP contribution >= 0.6 is 11.6 Å². The van der Waals surface area contributed by atoms with Crippen molar-refractivity contribution < 1.29 is 13.2 Å². The number of aromatic nitrogens is 2. The zero-order valence-electron chi connectivity index (χ0n) is 16.5. The first-order valence-corrected chi connectivity index (χ1v) is 11.6. The normalized spacial score (nSPS) is 15.8. The van der Waals surface area contributed by atoms with E-state index >= 15 is 0 Å². The van der Waals surface area contributed by atoms with Crippen LogP contribution in [0.25, 0.3) is 5.69 Å². The van der Waals surface area contributed by atoms with Crippen LogP contribution in [-0.4, -0.2) is 36.4 Å². The number of benzene rings is 2. The van der Waals surface area contributed by atoms with Gasteiger partial charge in [0.05, 0.1) is 23.8 Å². The van der Waals surface area contributed by atoms with E-state index in [9.17, 15) is 13.2 Å². The molecule has 0 bridgehead atoms. The van der Waals surface area contributed by atoms with Crippen molar-refractivity contribution in [2.45, 2.75) is 25.9 Å². The smallest absolute Gasteiger partial charge is 0.251 e. The standard InChI is InChI=1S/C21H21ClN4O3S/c1-14-9-17-10-16(3-8-20(17)26(14)30(2,28)29)21(27)23-11-15-12-24-25(13-15)19-6-4-18(22)5-7-19/h3-8,10,12-14H,9,11H2,1-2H3,(H,23,27). The van der Waals surface area contributed by atoms with Crippen LogP contribution < -0.4 is 9.62 Å². The van der Waals surface area contributed by atoms with Crippen LogP contribution in [0, 0.1) is 0 Å². The number of sulfonamides is 1. The molecule has 1 unspecified atom stereocenters. The van der Waals surface area contributed by atoms with Gasteiger partial charge in [-0.15, -0.1) is 0 Å². The Hall–Kier alpha value is -2.84. The van der Waals surface area contributed by atoms with Crippen molar-refractivity contribution in [2.24, 2.45) is 0 Å². The molecule has 1 aliphatic rings. The first-order chi connectivity index (χ1) is 14.2. The lowest BCUT2D eigenvalue weighted by atomic mass is 10.1. The SMILES string of the molecule is CC1Cc2cc(C(=O)NCc3cnn(-c4ccc(Cl)cc4)c3)ccc2N1S(C)(=O)=O. The second-order valence-corrected chi connectivity index (χ2v) is 9.70. The van der Waals surface area contributed by atoms with Crippen molar-refractivity contribution >= 4 is 33.2 Å². The van der Waals surface area contributed by atoms with Crippen molar-refractivity contribution in [3.63, 3.8) is 0 Å². The van der Waals surface area contributed by atoms with Gasteiger partial charge in [-0.25, -0.2) is 13.1 Å². The Morgan fingerprint density at radius 3 is 2.67 bits per heavy atom. The van der Waals surface area contributed by atoms with Gasteiger partial charge in [0.25, 0.3) is 5.91 Å². The molecule has 4 rings (SSSR count). The third-order valence-electron chi connectivity index (χ3n) is 5.03. The molecule has 2 heterocycles. The van der Waals surface area contributed by atoms with Crippen molar-refractivity contribution in [3.05, 3.63) is 76.6 Å². The molecule has 2 aromatic carbocycles. The van der Waals surface area contributed by atoms with E-state index in [0.717, 1.165) is 16.8 Å². The average Bonchev–Trinajstić information content (AvgIpc) is 3.29. The van der Waals surface area contributed by atoms with Gasteiger partial charge in [-0.05, 0) is 61.4 Å². The molecule has 1 atom stereocenters. The molecule has 0 aliphatic carbocycles.